The highest BCUT2D eigenvalue weighted by Gasteiger charge is 2.32. The van der Waals surface area contributed by atoms with Crippen molar-refractivity contribution in [3.8, 4) is 0 Å². The lowest BCUT2D eigenvalue weighted by molar-refractivity contribution is -0.144. The average Bonchev–Trinajstić information content (AvgIpc) is 2.74. The number of benzene rings is 2. The van der Waals surface area contributed by atoms with Gasteiger partial charge < -0.3 is 15.0 Å². The fourth-order valence-corrected chi connectivity index (χ4v) is 3.28. The molecular formula is C24H31ClN2O3. The Labute approximate surface area is 184 Å². The normalized spacial score (nSPS) is 11.9. The number of hydrogen-bond acceptors (Lipinski definition) is 3. The lowest BCUT2D eigenvalue weighted by atomic mass is 10.0. The highest BCUT2D eigenvalue weighted by Crippen LogP contribution is 2.26. The number of carbonyl (C=O) groups excluding carboxylic acids is 2. The van der Waals surface area contributed by atoms with Crippen LogP contribution < -0.4 is 5.32 Å². The highest BCUT2D eigenvalue weighted by atomic mass is 35.5. The average molecular weight is 431 g/mol. The molecule has 2 amide bonds. The second-order valence-corrected chi connectivity index (χ2v) is 7.84. The van der Waals surface area contributed by atoms with Gasteiger partial charge in [-0.3, -0.25) is 9.59 Å². The van der Waals surface area contributed by atoms with E-state index in [-0.39, 0.29) is 17.7 Å². The number of amides is 2. The van der Waals surface area contributed by atoms with Gasteiger partial charge in [-0.25, -0.2) is 0 Å². The van der Waals surface area contributed by atoms with Crippen molar-refractivity contribution in [3.05, 3.63) is 70.7 Å². The second kappa shape index (κ2) is 12.4. The molecule has 0 saturated heterocycles. The van der Waals surface area contributed by atoms with Gasteiger partial charge >= 0.3 is 0 Å². The van der Waals surface area contributed by atoms with Gasteiger partial charge in [-0.1, -0.05) is 67.9 Å². The summed E-state index contributed by atoms with van der Waals surface area (Å²) in [5.74, 6) is -0.516. The number of carbonyl (C=O) groups is 2. The Morgan fingerprint density at radius 2 is 1.73 bits per heavy atom. The first-order valence-electron chi connectivity index (χ1n) is 10.4. The summed E-state index contributed by atoms with van der Waals surface area (Å²) in [5, 5.41) is 3.61. The lowest BCUT2D eigenvalue weighted by Crippen LogP contribution is -2.45. The van der Waals surface area contributed by atoms with Crippen molar-refractivity contribution < 1.29 is 14.3 Å². The number of rotatable bonds is 11. The zero-order chi connectivity index (χ0) is 21.9. The molecule has 5 nitrogen and oxygen atoms in total. The summed E-state index contributed by atoms with van der Waals surface area (Å²) in [6.07, 6.45) is 0.719. The van der Waals surface area contributed by atoms with Crippen LogP contribution in [0.4, 0.5) is 0 Å². The van der Waals surface area contributed by atoms with E-state index in [9.17, 15) is 9.59 Å². The van der Waals surface area contributed by atoms with E-state index in [1.165, 1.54) is 0 Å². The van der Waals surface area contributed by atoms with Crippen LogP contribution in [-0.4, -0.2) is 36.5 Å². The predicted molar refractivity (Wildman–Crippen MR) is 120 cm³/mol. The molecule has 0 radical (unpaired) electrons. The first-order chi connectivity index (χ1) is 14.4. The largest absolute Gasteiger partial charge is 0.382 e. The minimum absolute atomic E-state index is 0.0803. The summed E-state index contributed by atoms with van der Waals surface area (Å²) in [6.45, 7) is 7.69. The molecule has 0 bridgehead atoms. The number of ether oxygens (including phenoxy) is 1. The van der Waals surface area contributed by atoms with E-state index in [0.717, 1.165) is 17.5 Å². The van der Waals surface area contributed by atoms with E-state index in [0.29, 0.717) is 31.3 Å². The van der Waals surface area contributed by atoms with Crippen LogP contribution in [0.25, 0.3) is 0 Å². The Balaban J connectivity index is 2.30. The van der Waals surface area contributed by atoms with Crippen molar-refractivity contribution in [2.45, 2.75) is 39.8 Å². The van der Waals surface area contributed by atoms with Crippen molar-refractivity contribution in [1.29, 1.82) is 0 Å². The predicted octanol–water partition coefficient (Wildman–Crippen LogP) is 4.61. The van der Waals surface area contributed by atoms with E-state index in [4.69, 9.17) is 16.3 Å². The topological polar surface area (TPSA) is 58.6 Å². The minimum Gasteiger partial charge on any atom is -0.382 e. The number of halogens is 1. The molecule has 162 valence electrons. The van der Waals surface area contributed by atoms with Crippen molar-refractivity contribution in [3.63, 3.8) is 0 Å². The number of nitrogens with zero attached hydrogens (tertiary/aromatic N) is 1. The highest BCUT2D eigenvalue weighted by molar-refractivity contribution is 6.30. The summed E-state index contributed by atoms with van der Waals surface area (Å²) in [6, 6.07) is 16.0. The Morgan fingerprint density at radius 1 is 1.07 bits per heavy atom. The first kappa shape index (κ1) is 23.9. The molecule has 2 aromatic carbocycles. The maximum Gasteiger partial charge on any atom is 0.247 e. The van der Waals surface area contributed by atoms with Crippen LogP contribution >= 0.6 is 11.6 Å². The van der Waals surface area contributed by atoms with E-state index in [2.05, 4.69) is 5.32 Å². The molecule has 0 heterocycles. The van der Waals surface area contributed by atoms with Gasteiger partial charge in [0, 0.05) is 37.2 Å². The Bertz CT molecular complexity index is 794. The second-order valence-electron chi connectivity index (χ2n) is 7.40. The van der Waals surface area contributed by atoms with Gasteiger partial charge in [-0.05, 0) is 36.6 Å². The van der Waals surface area contributed by atoms with Crippen LogP contribution in [0, 0.1) is 5.92 Å². The van der Waals surface area contributed by atoms with Gasteiger partial charge in [0.2, 0.25) is 11.8 Å². The van der Waals surface area contributed by atoms with Gasteiger partial charge in [0.25, 0.3) is 0 Å². The maximum atomic E-state index is 13.2. The molecule has 2 aromatic rings. The molecule has 0 spiro atoms. The monoisotopic (exact) mass is 430 g/mol. The summed E-state index contributed by atoms with van der Waals surface area (Å²) in [4.78, 5) is 28.0. The van der Waals surface area contributed by atoms with Gasteiger partial charge in [0.15, 0.2) is 0 Å². The molecule has 30 heavy (non-hydrogen) atoms. The molecule has 2 rings (SSSR count). The SMILES string of the molecule is CCOCCCNC(=O)[C@H](c1ccccc1)N(Cc1ccc(Cl)cc1)C(=O)C(C)C. The third-order valence-electron chi connectivity index (χ3n) is 4.69. The summed E-state index contributed by atoms with van der Waals surface area (Å²) < 4.78 is 5.34. The van der Waals surface area contributed by atoms with Gasteiger partial charge in [0.05, 0.1) is 0 Å². The van der Waals surface area contributed by atoms with Gasteiger partial charge in [-0.15, -0.1) is 0 Å². The quantitative estimate of drug-likeness (QED) is 0.529. The number of hydrogen-bond donors (Lipinski definition) is 1. The molecule has 1 atom stereocenters. The van der Waals surface area contributed by atoms with Gasteiger partial charge in [-0.2, -0.15) is 0 Å². The maximum absolute atomic E-state index is 13.2. The standard InChI is InChI=1S/C24H31ClN2O3/c1-4-30-16-8-15-26-23(28)22(20-9-6-5-7-10-20)27(24(29)18(2)3)17-19-11-13-21(25)14-12-19/h5-7,9-14,18,22H,4,8,15-17H2,1-3H3,(H,26,28)/t22-/m0/s1. The smallest absolute Gasteiger partial charge is 0.247 e. The van der Waals surface area contributed by atoms with Crippen molar-refractivity contribution >= 4 is 23.4 Å². The zero-order valence-electron chi connectivity index (χ0n) is 17.9. The van der Waals surface area contributed by atoms with E-state index < -0.39 is 6.04 Å². The van der Waals surface area contributed by atoms with Gasteiger partial charge in [0.1, 0.15) is 6.04 Å². The van der Waals surface area contributed by atoms with Crippen molar-refractivity contribution in [1.82, 2.24) is 10.2 Å². The molecule has 1 N–H and O–H groups in total. The molecule has 0 aliphatic heterocycles. The fraction of sp³-hybridized carbons (Fsp3) is 0.417. The Morgan fingerprint density at radius 3 is 2.33 bits per heavy atom. The Kier molecular flexibility index (Phi) is 9.84. The zero-order valence-corrected chi connectivity index (χ0v) is 18.7. The van der Waals surface area contributed by atoms with Crippen LogP contribution in [0.5, 0.6) is 0 Å². The molecule has 0 aromatic heterocycles. The van der Waals surface area contributed by atoms with Crippen molar-refractivity contribution in [2.24, 2.45) is 5.92 Å². The fourth-order valence-electron chi connectivity index (χ4n) is 3.15. The third-order valence-corrected chi connectivity index (χ3v) is 4.94. The van der Waals surface area contributed by atoms with Crippen LogP contribution in [0.2, 0.25) is 5.02 Å². The van der Waals surface area contributed by atoms with Crippen molar-refractivity contribution in [2.75, 3.05) is 19.8 Å². The van der Waals surface area contributed by atoms with E-state index in [1.807, 2.05) is 63.2 Å². The van der Waals surface area contributed by atoms with Crippen LogP contribution in [0.15, 0.2) is 54.6 Å². The molecule has 0 aliphatic carbocycles. The van der Waals surface area contributed by atoms with E-state index >= 15 is 0 Å². The summed E-state index contributed by atoms with van der Waals surface area (Å²) >= 11 is 6.01. The van der Waals surface area contributed by atoms with Crippen LogP contribution in [-0.2, 0) is 20.9 Å². The molecule has 0 aliphatic rings. The molecular weight excluding hydrogens is 400 g/mol. The molecule has 0 fully saturated rings. The minimum atomic E-state index is -0.719. The molecule has 6 heteroatoms. The lowest BCUT2D eigenvalue weighted by Gasteiger charge is -2.33. The third kappa shape index (κ3) is 7.15. The summed E-state index contributed by atoms with van der Waals surface area (Å²) in [5.41, 5.74) is 1.70. The Hall–Kier alpha value is -2.37. The number of nitrogens with one attached hydrogen (secondary N) is 1. The first-order valence-corrected chi connectivity index (χ1v) is 10.8. The molecule has 0 saturated carbocycles. The van der Waals surface area contributed by atoms with Crippen LogP contribution in [0.1, 0.15) is 44.4 Å². The van der Waals surface area contributed by atoms with Crippen LogP contribution in [0.3, 0.4) is 0 Å². The molecule has 0 unspecified atom stereocenters. The van der Waals surface area contributed by atoms with E-state index in [1.54, 1.807) is 17.0 Å². The summed E-state index contributed by atoms with van der Waals surface area (Å²) in [7, 11) is 0.